The van der Waals surface area contributed by atoms with Crippen molar-refractivity contribution in [3.8, 4) is 11.6 Å². The molecule has 0 spiro atoms. The van der Waals surface area contributed by atoms with Crippen molar-refractivity contribution in [2.24, 2.45) is 11.8 Å². The highest BCUT2D eigenvalue weighted by molar-refractivity contribution is 6.30. The number of ether oxygens (including phenoxy) is 2. The largest absolute Gasteiger partial charge is 0.488 e. The Morgan fingerprint density at radius 2 is 2.00 bits per heavy atom. The molecule has 2 fully saturated rings. The monoisotopic (exact) mass is 388 g/mol. The van der Waals surface area contributed by atoms with E-state index in [2.05, 4.69) is 16.0 Å². The van der Waals surface area contributed by atoms with E-state index in [0.717, 1.165) is 43.8 Å². The van der Waals surface area contributed by atoms with Crippen LogP contribution < -0.4 is 9.47 Å². The number of rotatable bonds is 5. The van der Waals surface area contributed by atoms with Crippen molar-refractivity contribution in [3.63, 3.8) is 0 Å². The fourth-order valence-corrected chi connectivity index (χ4v) is 4.61. The van der Waals surface area contributed by atoms with Gasteiger partial charge in [0.15, 0.2) is 0 Å². The molecular weight excluding hydrogens is 364 g/mol. The summed E-state index contributed by atoms with van der Waals surface area (Å²) < 4.78 is 11.4. The van der Waals surface area contributed by atoms with Gasteiger partial charge in [0.2, 0.25) is 5.88 Å². The van der Waals surface area contributed by atoms with Crippen LogP contribution in [0.2, 0.25) is 5.02 Å². The van der Waals surface area contributed by atoms with E-state index in [4.69, 9.17) is 21.1 Å². The van der Waals surface area contributed by atoms with Gasteiger partial charge in [0, 0.05) is 36.4 Å². The number of fused-ring (bicyclic) bond motifs is 1. The van der Waals surface area contributed by atoms with Crippen LogP contribution in [0.25, 0.3) is 0 Å². The van der Waals surface area contributed by atoms with Gasteiger partial charge in [-0.05, 0) is 48.9 Å². The molecule has 0 radical (unpaired) electrons. The summed E-state index contributed by atoms with van der Waals surface area (Å²) in [5.74, 6) is 2.44. The minimum absolute atomic E-state index is 0.183. The molecule has 1 saturated carbocycles. The zero-order valence-corrected chi connectivity index (χ0v) is 16.2. The average Bonchev–Trinajstić information content (AvgIpc) is 3.03. The van der Waals surface area contributed by atoms with Crippen molar-refractivity contribution in [1.29, 1.82) is 0 Å². The van der Waals surface area contributed by atoms with Crippen molar-refractivity contribution >= 4 is 11.6 Å². The predicted octanol–water partition coefficient (Wildman–Crippen LogP) is 3.39. The number of hydrogen-bond donors (Lipinski definition) is 1. The Labute approximate surface area is 164 Å². The Morgan fingerprint density at radius 3 is 2.78 bits per heavy atom. The number of methoxy groups -OCH3 is 1. The molecule has 1 N–H and O–H groups in total. The van der Waals surface area contributed by atoms with Gasteiger partial charge in [-0.15, -0.1) is 0 Å². The van der Waals surface area contributed by atoms with E-state index >= 15 is 0 Å². The normalized spacial score (nSPS) is 28.0. The molecule has 2 aliphatic rings. The van der Waals surface area contributed by atoms with Crippen LogP contribution >= 0.6 is 11.6 Å². The number of likely N-dealkylation sites (tertiary alicyclic amines) is 1. The van der Waals surface area contributed by atoms with Crippen LogP contribution in [-0.2, 0) is 6.54 Å². The van der Waals surface area contributed by atoms with Crippen LogP contribution in [0.1, 0.15) is 18.4 Å². The lowest BCUT2D eigenvalue weighted by molar-refractivity contribution is -0.0231. The standard InChI is InChI=1S/C21H25ClN2O3/c1-26-21-14(4-3-7-23-21)11-24-12-15-8-19(25)20(9-16(15)13-24)27-18-6-2-5-17(22)10-18/h2-7,10,15-16,19-20,25H,8-9,11-13H2,1H3/t15-,16+,19+,20+/m0/s1. The summed E-state index contributed by atoms with van der Waals surface area (Å²) in [6.45, 7) is 2.81. The Balaban J connectivity index is 1.39. The Bertz CT molecular complexity index is 788. The van der Waals surface area contributed by atoms with Crippen LogP contribution in [0.5, 0.6) is 11.6 Å². The van der Waals surface area contributed by atoms with Gasteiger partial charge in [-0.25, -0.2) is 4.98 Å². The van der Waals surface area contributed by atoms with Gasteiger partial charge >= 0.3 is 0 Å². The third-order valence-electron chi connectivity index (χ3n) is 5.68. The lowest BCUT2D eigenvalue weighted by atomic mass is 9.78. The highest BCUT2D eigenvalue weighted by Gasteiger charge is 2.42. The van der Waals surface area contributed by atoms with Crippen molar-refractivity contribution in [1.82, 2.24) is 9.88 Å². The van der Waals surface area contributed by atoms with Crippen molar-refractivity contribution in [3.05, 3.63) is 53.2 Å². The Hall–Kier alpha value is -1.82. The molecule has 2 heterocycles. The molecule has 1 aliphatic carbocycles. The van der Waals surface area contributed by atoms with Gasteiger partial charge in [0.25, 0.3) is 0 Å². The summed E-state index contributed by atoms with van der Waals surface area (Å²) in [6.07, 6.45) is 2.76. The number of nitrogens with zero attached hydrogens (tertiary/aromatic N) is 2. The van der Waals surface area contributed by atoms with Crippen LogP contribution in [0, 0.1) is 11.8 Å². The Kier molecular flexibility index (Phi) is 5.53. The van der Waals surface area contributed by atoms with Crippen molar-refractivity contribution < 1.29 is 14.6 Å². The maximum Gasteiger partial charge on any atom is 0.217 e. The summed E-state index contributed by atoms with van der Waals surface area (Å²) in [5, 5.41) is 11.2. The molecule has 144 valence electrons. The highest BCUT2D eigenvalue weighted by atomic mass is 35.5. The molecule has 4 rings (SSSR count). The number of pyridine rings is 1. The molecule has 4 atom stereocenters. The van der Waals surface area contributed by atoms with Gasteiger partial charge in [-0.1, -0.05) is 23.7 Å². The summed E-state index contributed by atoms with van der Waals surface area (Å²) in [6, 6.07) is 11.4. The third-order valence-corrected chi connectivity index (χ3v) is 5.92. The number of halogens is 1. The molecule has 0 amide bonds. The zero-order valence-electron chi connectivity index (χ0n) is 15.4. The first kappa shape index (κ1) is 18.5. The van der Waals surface area contributed by atoms with Crippen LogP contribution in [0.3, 0.4) is 0 Å². The first-order chi connectivity index (χ1) is 13.1. The smallest absolute Gasteiger partial charge is 0.217 e. The topological polar surface area (TPSA) is 54.8 Å². The Morgan fingerprint density at radius 1 is 1.19 bits per heavy atom. The molecule has 0 bridgehead atoms. The molecule has 1 aromatic carbocycles. The summed E-state index contributed by atoms with van der Waals surface area (Å²) >= 11 is 6.04. The molecule has 6 heteroatoms. The van der Waals surface area contributed by atoms with Crippen LogP contribution in [-0.4, -0.2) is 47.4 Å². The first-order valence-electron chi connectivity index (χ1n) is 9.43. The maximum atomic E-state index is 10.6. The lowest BCUT2D eigenvalue weighted by Crippen LogP contribution is -2.42. The summed E-state index contributed by atoms with van der Waals surface area (Å²) in [5.41, 5.74) is 1.10. The summed E-state index contributed by atoms with van der Waals surface area (Å²) in [7, 11) is 1.66. The van der Waals surface area contributed by atoms with Gasteiger partial charge in [-0.3, -0.25) is 4.90 Å². The molecular formula is C21H25ClN2O3. The van der Waals surface area contributed by atoms with Crippen molar-refractivity contribution in [2.75, 3.05) is 20.2 Å². The van der Waals surface area contributed by atoms with E-state index in [9.17, 15) is 5.11 Å². The molecule has 1 aromatic heterocycles. The lowest BCUT2D eigenvalue weighted by Gasteiger charge is -2.35. The van der Waals surface area contributed by atoms with E-state index in [1.807, 2.05) is 24.3 Å². The van der Waals surface area contributed by atoms with Crippen molar-refractivity contribution in [2.45, 2.75) is 31.6 Å². The van der Waals surface area contributed by atoms with Gasteiger partial charge < -0.3 is 14.6 Å². The molecule has 27 heavy (non-hydrogen) atoms. The predicted molar refractivity (Wildman–Crippen MR) is 104 cm³/mol. The fourth-order valence-electron chi connectivity index (χ4n) is 4.43. The maximum absolute atomic E-state index is 10.6. The molecule has 1 aliphatic heterocycles. The zero-order chi connectivity index (χ0) is 18.8. The van der Waals surface area contributed by atoms with E-state index in [1.165, 1.54) is 0 Å². The average molecular weight is 389 g/mol. The second kappa shape index (κ2) is 8.05. The molecule has 1 saturated heterocycles. The minimum Gasteiger partial charge on any atom is -0.488 e. The number of benzene rings is 1. The minimum atomic E-state index is -0.446. The van der Waals surface area contributed by atoms with Crippen LogP contribution in [0.15, 0.2) is 42.6 Å². The van der Waals surface area contributed by atoms with Crippen LogP contribution in [0.4, 0.5) is 0 Å². The molecule has 2 aromatic rings. The van der Waals surface area contributed by atoms with E-state index < -0.39 is 6.10 Å². The third kappa shape index (κ3) is 4.21. The summed E-state index contributed by atoms with van der Waals surface area (Å²) in [4.78, 5) is 6.72. The second-order valence-electron chi connectivity index (χ2n) is 7.54. The number of aliphatic hydroxyl groups is 1. The second-order valence-corrected chi connectivity index (χ2v) is 7.97. The molecule has 5 nitrogen and oxygen atoms in total. The SMILES string of the molecule is COc1ncccc1CN1C[C@H]2C[C@@H](Oc3cccc(Cl)c3)[C@H](O)C[C@H]2C1. The number of aliphatic hydroxyl groups excluding tert-OH is 1. The number of hydrogen-bond acceptors (Lipinski definition) is 5. The fraction of sp³-hybridized carbons (Fsp3) is 0.476. The van der Waals surface area contributed by atoms with Gasteiger partial charge in [0.05, 0.1) is 13.2 Å². The number of aromatic nitrogens is 1. The van der Waals surface area contributed by atoms with Gasteiger partial charge in [-0.2, -0.15) is 0 Å². The quantitative estimate of drug-likeness (QED) is 0.850. The van der Waals surface area contributed by atoms with E-state index in [0.29, 0.717) is 22.7 Å². The van der Waals surface area contributed by atoms with E-state index in [-0.39, 0.29) is 6.10 Å². The van der Waals surface area contributed by atoms with E-state index in [1.54, 1.807) is 19.4 Å². The highest BCUT2D eigenvalue weighted by Crippen LogP contribution is 2.39. The first-order valence-corrected chi connectivity index (χ1v) is 9.80. The van der Waals surface area contributed by atoms with Gasteiger partial charge in [0.1, 0.15) is 11.9 Å². The molecule has 0 unspecified atom stereocenters.